The molecule has 1 aromatic rings. The molecule has 1 aromatic carbocycles. The Bertz CT molecular complexity index is 771. The van der Waals surface area contributed by atoms with Crippen molar-refractivity contribution in [3.63, 3.8) is 0 Å². The molecule has 0 saturated heterocycles. The standard InChI is InChI=1S/C14H16N4O7/c1-13(2,3)25-12(20)16-14(7-17(21)22)9-6-8(18(23)24)4-5-10(9)15-11(14)19/h4-6H,7H2,1-3H3,(H,15,19)(H,16,20)/t14-/m1/s1. The second kappa shape index (κ2) is 6.00. The Balaban J connectivity index is 2.52. The minimum atomic E-state index is -2.10. The average Bonchev–Trinajstić information content (AvgIpc) is 2.68. The number of ether oxygens (including phenoxy) is 1. The molecule has 0 unspecified atom stereocenters. The summed E-state index contributed by atoms with van der Waals surface area (Å²) in [5, 5.41) is 26.7. The number of nitrogens with zero attached hydrogens (tertiary/aromatic N) is 2. The molecule has 2 amide bonds. The molecule has 1 aliphatic rings. The van der Waals surface area contributed by atoms with Gasteiger partial charge < -0.3 is 10.1 Å². The number of carbonyl (C=O) groups excluding carboxylic acids is 2. The summed E-state index contributed by atoms with van der Waals surface area (Å²) >= 11 is 0. The van der Waals surface area contributed by atoms with Crippen molar-refractivity contribution < 1.29 is 24.2 Å². The van der Waals surface area contributed by atoms with Crippen LogP contribution >= 0.6 is 0 Å². The highest BCUT2D eigenvalue weighted by Gasteiger charge is 2.53. The smallest absolute Gasteiger partial charge is 0.408 e. The zero-order valence-electron chi connectivity index (χ0n) is 13.7. The van der Waals surface area contributed by atoms with Crippen LogP contribution in [0.15, 0.2) is 18.2 Å². The summed E-state index contributed by atoms with van der Waals surface area (Å²) < 4.78 is 5.06. The van der Waals surface area contributed by atoms with Crippen LogP contribution in [0.5, 0.6) is 0 Å². The van der Waals surface area contributed by atoms with E-state index in [0.717, 1.165) is 12.1 Å². The van der Waals surface area contributed by atoms with Gasteiger partial charge in [-0.15, -0.1) is 0 Å². The van der Waals surface area contributed by atoms with Crippen molar-refractivity contribution in [3.05, 3.63) is 44.0 Å². The molecule has 2 N–H and O–H groups in total. The van der Waals surface area contributed by atoms with Crippen molar-refractivity contribution in [1.82, 2.24) is 5.32 Å². The highest BCUT2D eigenvalue weighted by atomic mass is 16.6. The highest BCUT2D eigenvalue weighted by molar-refractivity contribution is 6.07. The van der Waals surface area contributed by atoms with Gasteiger partial charge in [-0.2, -0.15) is 0 Å². The molecule has 1 aliphatic heterocycles. The second-order valence-corrected chi connectivity index (χ2v) is 6.46. The quantitative estimate of drug-likeness (QED) is 0.615. The van der Waals surface area contributed by atoms with Gasteiger partial charge in [-0.1, -0.05) is 0 Å². The average molecular weight is 352 g/mol. The Morgan fingerprint density at radius 2 is 1.96 bits per heavy atom. The monoisotopic (exact) mass is 352 g/mol. The Labute approximate surface area is 141 Å². The Morgan fingerprint density at radius 1 is 1.32 bits per heavy atom. The molecule has 0 saturated carbocycles. The van der Waals surface area contributed by atoms with Crippen molar-refractivity contribution in [3.8, 4) is 0 Å². The summed E-state index contributed by atoms with van der Waals surface area (Å²) in [5.74, 6) is -0.870. The second-order valence-electron chi connectivity index (χ2n) is 6.46. The van der Waals surface area contributed by atoms with Crippen LogP contribution in [-0.4, -0.2) is 34.0 Å². The number of amides is 2. The minimum Gasteiger partial charge on any atom is -0.444 e. The first-order valence-electron chi connectivity index (χ1n) is 7.18. The number of non-ortho nitro benzene ring substituents is 1. The molecule has 1 heterocycles. The molecule has 2 rings (SSSR count). The fourth-order valence-corrected chi connectivity index (χ4v) is 2.45. The summed E-state index contributed by atoms with van der Waals surface area (Å²) in [4.78, 5) is 45.1. The molecule has 134 valence electrons. The predicted octanol–water partition coefficient (Wildman–Crippen LogP) is 1.54. The van der Waals surface area contributed by atoms with Crippen LogP contribution < -0.4 is 10.6 Å². The lowest BCUT2D eigenvalue weighted by molar-refractivity contribution is -0.488. The molecule has 0 bridgehead atoms. The largest absolute Gasteiger partial charge is 0.444 e. The van der Waals surface area contributed by atoms with Gasteiger partial charge in [-0.3, -0.25) is 30.3 Å². The molecule has 0 aliphatic carbocycles. The summed E-state index contributed by atoms with van der Waals surface area (Å²) in [7, 11) is 0. The Kier molecular flexibility index (Phi) is 4.34. The van der Waals surface area contributed by atoms with Crippen LogP contribution in [0.2, 0.25) is 0 Å². The first kappa shape index (κ1) is 18.1. The van der Waals surface area contributed by atoms with Gasteiger partial charge in [0.1, 0.15) is 5.60 Å². The SMILES string of the molecule is CC(C)(C)OC(=O)N[C@@]1(C[N+](=O)[O-])C(=O)Nc2ccc([N+](=O)[O-])cc21. The van der Waals surface area contributed by atoms with E-state index < -0.39 is 39.5 Å². The molecule has 25 heavy (non-hydrogen) atoms. The van der Waals surface area contributed by atoms with Gasteiger partial charge in [-0.05, 0) is 26.8 Å². The van der Waals surface area contributed by atoms with Crippen LogP contribution in [0.25, 0.3) is 0 Å². The van der Waals surface area contributed by atoms with E-state index in [1.807, 2.05) is 0 Å². The van der Waals surface area contributed by atoms with E-state index in [9.17, 15) is 29.8 Å². The number of benzene rings is 1. The normalized spacial score (nSPS) is 18.9. The van der Waals surface area contributed by atoms with Crippen LogP contribution in [-0.2, 0) is 15.1 Å². The lowest BCUT2D eigenvalue weighted by Crippen LogP contribution is -2.56. The van der Waals surface area contributed by atoms with Crippen molar-refractivity contribution in [2.45, 2.75) is 31.9 Å². The van der Waals surface area contributed by atoms with Gasteiger partial charge in [-0.25, -0.2) is 4.79 Å². The van der Waals surface area contributed by atoms with Crippen molar-refractivity contribution in [2.24, 2.45) is 0 Å². The van der Waals surface area contributed by atoms with Crippen molar-refractivity contribution in [1.29, 1.82) is 0 Å². The fourth-order valence-electron chi connectivity index (χ4n) is 2.45. The van der Waals surface area contributed by atoms with Crippen LogP contribution in [0.4, 0.5) is 16.2 Å². The van der Waals surface area contributed by atoms with Crippen LogP contribution in [0, 0.1) is 20.2 Å². The lowest BCUT2D eigenvalue weighted by Gasteiger charge is -2.27. The number of fused-ring (bicyclic) bond motifs is 1. The summed E-state index contributed by atoms with van der Waals surface area (Å²) in [6.45, 7) is 3.76. The number of hydrogen-bond acceptors (Lipinski definition) is 7. The van der Waals surface area contributed by atoms with Crippen molar-refractivity contribution >= 4 is 23.4 Å². The topological polar surface area (TPSA) is 154 Å². The minimum absolute atomic E-state index is 0.0609. The molecule has 0 spiro atoms. The van der Waals surface area contributed by atoms with Gasteiger partial charge in [0.15, 0.2) is 0 Å². The van der Waals surface area contributed by atoms with Crippen molar-refractivity contribution in [2.75, 3.05) is 11.9 Å². The van der Waals surface area contributed by atoms with E-state index in [1.54, 1.807) is 20.8 Å². The van der Waals surface area contributed by atoms with Gasteiger partial charge in [0.2, 0.25) is 12.1 Å². The molecule has 11 heteroatoms. The lowest BCUT2D eigenvalue weighted by atomic mass is 9.91. The van der Waals surface area contributed by atoms with Crippen LogP contribution in [0.3, 0.4) is 0 Å². The number of nitro benzene ring substituents is 1. The molecule has 1 atom stereocenters. The molecular formula is C14H16N4O7. The highest BCUT2D eigenvalue weighted by Crippen LogP contribution is 2.38. The first-order chi connectivity index (χ1) is 11.4. The zero-order chi connectivity index (χ0) is 19.0. The van der Waals surface area contributed by atoms with Crippen LogP contribution in [0.1, 0.15) is 26.3 Å². The maximum absolute atomic E-state index is 12.4. The molecular weight excluding hydrogens is 336 g/mol. The first-order valence-corrected chi connectivity index (χ1v) is 7.18. The van der Waals surface area contributed by atoms with E-state index in [2.05, 4.69) is 10.6 Å². The summed E-state index contributed by atoms with van der Waals surface area (Å²) in [6, 6.07) is 3.42. The third-order valence-corrected chi connectivity index (χ3v) is 3.39. The van der Waals surface area contributed by atoms with E-state index in [0.29, 0.717) is 0 Å². The maximum atomic E-state index is 12.4. The van der Waals surface area contributed by atoms with E-state index in [4.69, 9.17) is 4.74 Å². The fraction of sp³-hybridized carbons (Fsp3) is 0.429. The Hall–Kier alpha value is -3.24. The molecule has 0 fully saturated rings. The van der Waals surface area contributed by atoms with E-state index in [-0.39, 0.29) is 16.9 Å². The predicted molar refractivity (Wildman–Crippen MR) is 84.6 cm³/mol. The maximum Gasteiger partial charge on any atom is 0.408 e. The Morgan fingerprint density at radius 3 is 2.48 bits per heavy atom. The molecule has 0 aromatic heterocycles. The third-order valence-electron chi connectivity index (χ3n) is 3.39. The van der Waals surface area contributed by atoms with E-state index >= 15 is 0 Å². The number of alkyl carbamates (subject to hydrolysis) is 1. The number of rotatable bonds is 4. The summed E-state index contributed by atoms with van der Waals surface area (Å²) in [5.41, 5.74) is -3.29. The number of nitro groups is 2. The van der Waals surface area contributed by atoms with Gasteiger partial charge in [0.05, 0.1) is 4.92 Å². The van der Waals surface area contributed by atoms with Gasteiger partial charge in [0, 0.05) is 28.3 Å². The van der Waals surface area contributed by atoms with Gasteiger partial charge >= 0.3 is 6.09 Å². The molecule has 0 radical (unpaired) electrons. The van der Waals surface area contributed by atoms with E-state index in [1.165, 1.54) is 6.07 Å². The number of anilines is 1. The number of hydrogen-bond donors (Lipinski definition) is 2. The molecule has 11 nitrogen and oxygen atoms in total. The zero-order valence-corrected chi connectivity index (χ0v) is 13.7. The number of nitrogens with one attached hydrogen (secondary N) is 2. The van der Waals surface area contributed by atoms with Gasteiger partial charge in [0.25, 0.3) is 11.6 Å². The third kappa shape index (κ3) is 3.65. The number of carbonyl (C=O) groups is 2. The summed E-state index contributed by atoms with van der Waals surface area (Å²) in [6.07, 6.45) is -1.05.